The Kier molecular flexibility index (Phi) is 5.54. The van der Waals surface area contributed by atoms with E-state index >= 15 is 0 Å². The van der Waals surface area contributed by atoms with E-state index in [0.717, 1.165) is 41.5 Å². The summed E-state index contributed by atoms with van der Waals surface area (Å²) in [7, 11) is 0. The monoisotopic (exact) mass is 427 g/mol. The number of anilines is 2. The van der Waals surface area contributed by atoms with Gasteiger partial charge < -0.3 is 10.2 Å². The Labute approximate surface area is 176 Å². The minimum absolute atomic E-state index is 0.117. The van der Waals surface area contributed by atoms with Gasteiger partial charge in [0, 0.05) is 18.0 Å². The molecule has 0 saturated heterocycles. The zero-order valence-corrected chi connectivity index (χ0v) is 17.3. The van der Waals surface area contributed by atoms with Crippen LogP contribution in [-0.2, 0) is 0 Å². The molecule has 30 heavy (non-hydrogen) atoms. The lowest BCUT2D eigenvalue weighted by atomic mass is 10.1. The number of aryl methyl sites for hydroxylation is 2. The maximum absolute atomic E-state index is 13.8. The molecule has 0 atom stereocenters. The van der Waals surface area contributed by atoms with Crippen molar-refractivity contribution < 1.29 is 13.6 Å². The third kappa shape index (κ3) is 4.06. The lowest BCUT2D eigenvalue weighted by molar-refractivity contribution is 0.101. The molecule has 9 heteroatoms. The molecular weight excluding hydrogens is 408 g/mol. The Balaban J connectivity index is 1.47. The molecule has 3 aromatic rings. The number of hydrogen-bond donors (Lipinski definition) is 1. The maximum atomic E-state index is 13.8. The summed E-state index contributed by atoms with van der Waals surface area (Å²) in [5.74, 6) is -2.66. The quantitative estimate of drug-likeness (QED) is 0.669. The first kappa shape index (κ1) is 20.1. The third-order valence-corrected chi connectivity index (χ3v) is 5.98. The predicted octanol–water partition coefficient (Wildman–Crippen LogP) is 4.37. The number of aromatic nitrogens is 3. The van der Waals surface area contributed by atoms with Crippen molar-refractivity contribution in [2.75, 3.05) is 23.3 Å². The van der Waals surface area contributed by atoms with Crippen LogP contribution in [0.4, 0.5) is 19.7 Å². The summed E-state index contributed by atoms with van der Waals surface area (Å²) in [5, 5.41) is 3.37. The Bertz CT molecular complexity index is 1090. The summed E-state index contributed by atoms with van der Waals surface area (Å²) in [5.41, 5.74) is 2.08. The van der Waals surface area contributed by atoms with E-state index in [1.165, 1.54) is 17.1 Å². The molecule has 0 spiro atoms. The fourth-order valence-corrected chi connectivity index (χ4v) is 4.07. The van der Waals surface area contributed by atoms with Crippen molar-refractivity contribution in [2.24, 2.45) is 0 Å². The summed E-state index contributed by atoms with van der Waals surface area (Å²) in [4.78, 5) is 28.8. The molecular formula is C21H19F2N5OS. The Morgan fingerprint density at radius 2 is 1.93 bits per heavy atom. The molecule has 0 saturated carbocycles. The highest BCUT2D eigenvalue weighted by Gasteiger charge is 2.20. The Morgan fingerprint density at radius 3 is 2.57 bits per heavy atom. The normalized spacial score (nSPS) is 13.9. The van der Waals surface area contributed by atoms with Gasteiger partial charge in [-0.3, -0.25) is 9.78 Å². The smallest absolute Gasteiger partial charge is 0.262 e. The van der Waals surface area contributed by atoms with Crippen molar-refractivity contribution in [1.29, 1.82) is 0 Å². The van der Waals surface area contributed by atoms with E-state index in [1.54, 1.807) is 17.5 Å². The largest absolute Gasteiger partial charge is 0.343 e. The summed E-state index contributed by atoms with van der Waals surface area (Å²) >= 11 is 1.67. The van der Waals surface area contributed by atoms with Gasteiger partial charge in [-0.05, 0) is 38.0 Å². The van der Waals surface area contributed by atoms with Crippen LogP contribution < -0.4 is 10.2 Å². The first-order valence-corrected chi connectivity index (χ1v) is 10.2. The van der Waals surface area contributed by atoms with E-state index < -0.39 is 23.1 Å². The molecule has 1 aliphatic rings. The molecule has 1 aromatic carbocycles. The minimum Gasteiger partial charge on any atom is -0.343 e. The third-order valence-electron chi connectivity index (χ3n) is 4.85. The number of nitrogens with one attached hydrogen (secondary N) is 1. The average molecular weight is 427 g/mol. The Morgan fingerprint density at radius 1 is 1.17 bits per heavy atom. The fraction of sp³-hybridized carbons (Fsp3) is 0.238. The van der Waals surface area contributed by atoms with Crippen molar-refractivity contribution in [2.45, 2.75) is 20.3 Å². The molecule has 1 aliphatic heterocycles. The van der Waals surface area contributed by atoms with E-state index in [4.69, 9.17) is 0 Å². The van der Waals surface area contributed by atoms with Crippen molar-refractivity contribution in [1.82, 2.24) is 15.0 Å². The fourth-order valence-electron chi connectivity index (χ4n) is 3.14. The summed E-state index contributed by atoms with van der Waals surface area (Å²) in [6.07, 6.45) is 5.89. The second kappa shape index (κ2) is 8.27. The molecule has 1 N–H and O–H groups in total. The molecule has 1 amide bonds. The van der Waals surface area contributed by atoms with Crippen LogP contribution in [0.15, 0.2) is 36.7 Å². The van der Waals surface area contributed by atoms with Crippen molar-refractivity contribution in [3.63, 3.8) is 0 Å². The van der Waals surface area contributed by atoms with Gasteiger partial charge in [0.1, 0.15) is 17.2 Å². The predicted molar refractivity (Wildman–Crippen MR) is 113 cm³/mol. The number of benzene rings is 1. The zero-order valence-electron chi connectivity index (χ0n) is 16.4. The highest BCUT2D eigenvalue weighted by molar-refractivity contribution is 7.15. The maximum Gasteiger partial charge on any atom is 0.262 e. The molecule has 4 rings (SSSR count). The molecule has 6 nitrogen and oxygen atoms in total. The van der Waals surface area contributed by atoms with Crippen LogP contribution in [0.2, 0.25) is 0 Å². The van der Waals surface area contributed by atoms with Crippen LogP contribution in [0.5, 0.6) is 0 Å². The van der Waals surface area contributed by atoms with Crippen LogP contribution in [0.1, 0.15) is 33.0 Å². The van der Waals surface area contributed by atoms with Gasteiger partial charge in [-0.15, -0.1) is 11.3 Å². The summed E-state index contributed by atoms with van der Waals surface area (Å²) < 4.78 is 27.5. The lowest BCUT2D eigenvalue weighted by Crippen LogP contribution is -2.29. The van der Waals surface area contributed by atoms with Crippen molar-refractivity contribution in [3.8, 4) is 0 Å². The highest BCUT2D eigenvalue weighted by atomic mass is 32.1. The Hall–Kier alpha value is -3.20. The second-order valence-corrected chi connectivity index (χ2v) is 8.10. The molecule has 3 heterocycles. The number of halogens is 2. The standard InChI is InChI=1S/C21H19F2N5OS/c1-12-13(2)30-21(26-12)28-8-4-5-14(11-28)17-9-25-18(10-24-17)27-20(29)19-15(22)6-3-7-16(19)23/h3,5-7,9-10H,4,8,11H2,1-2H3,(H,25,27,29). The van der Waals surface area contributed by atoms with Crippen LogP contribution in [-0.4, -0.2) is 33.9 Å². The first-order valence-electron chi connectivity index (χ1n) is 9.38. The minimum atomic E-state index is -0.933. The zero-order chi connectivity index (χ0) is 21.3. The topological polar surface area (TPSA) is 71.0 Å². The average Bonchev–Trinajstić information content (AvgIpc) is 3.07. The van der Waals surface area contributed by atoms with Gasteiger partial charge in [0.05, 0.1) is 23.8 Å². The van der Waals surface area contributed by atoms with Crippen LogP contribution in [0.25, 0.3) is 5.57 Å². The van der Waals surface area contributed by atoms with Gasteiger partial charge in [-0.1, -0.05) is 12.1 Å². The molecule has 0 fully saturated rings. The number of rotatable bonds is 4. The van der Waals surface area contributed by atoms with E-state index in [1.807, 2.05) is 6.92 Å². The van der Waals surface area contributed by atoms with Crippen LogP contribution in [0.3, 0.4) is 0 Å². The van der Waals surface area contributed by atoms with Gasteiger partial charge in [-0.25, -0.2) is 18.7 Å². The van der Waals surface area contributed by atoms with Gasteiger partial charge in [0.2, 0.25) is 0 Å². The highest BCUT2D eigenvalue weighted by Crippen LogP contribution is 2.29. The molecule has 0 unspecified atom stereocenters. The van der Waals surface area contributed by atoms with E-state index in [-0.39, 0.29) is 5.82 Å². The number of thiazole rings is 1. The SMILES string of the molecule is Cc1nc(N2CCC=C(c3cnc(NC(=O)c4c(F)cccc4F)cn3)C2)sc1C. The van der Waals surface area contributed by atoms with Crippen LogP contribution >= 0.6 is 11.3 Å². The van der Waals surface area contributed by atoms with Crippen LogP contribution in [0, 0.1) is 25.5 Å². The van der Waals surface area contributed by atoms with E-state index in [0.29, 0.717) is 12.2 Å². The molecule has 154 valence electrons. The van der Waals surface area contributed by atoms with Crippen molar-refractivity contribution >= 4 is 33.8 Å². The van der Waals surface area contributed by atoms with Crippen molar-refractivity contribution in [3.05, 3.63) is 70.1 Å². The summed E-state index contributed by atoms with van der Waals surface area (Å²) in [6, 6.07) is 3.25. The first-order chi connectivity index (χ1) is 14.4. The number of nitrogens with zero attached hydrogens (tertiary/aromatic N) is 4. The number of hydrogen-bond acceptors (Lipinski definition) is 6. The van der Waals surface area contributed by atoms with Gasteiger partial charge in [0.25, 0.3) is 5.91 Å². The van der Waals surface area contributed by atoms with Gasteiger partial charge >= 0.3 is 0 Å². The number of carbonyl (C=O) groups is 1. The van der Waals surface area contributed by atoms with E-state index in [9.17, 15) is 13.6 Å². The second-order valence-electron chi connectivity index (χ2n) is 6.92. The lowest BCUT2D eigenvalue weighted by Gasteiger charge is -2.26. The molecule has 0 aliphatic carbocycles. The van der Waals surface area contributed by atoms with Gasteiger partial charge in [0.15, 0.2) is 10.9 Å². The van der Waals surface area contributed by atoms with E-state index in [2.05, 4.69) is 38.2 Å². The number of amides is 1. The van der Waals surface area contributed by atoms with Gasteiger partial charge in [-0.2, -0.15) is 0 Å². The summed E-state index contributed by atoms with van der Waals surface area (Å²) in [6.45, 7) is 5.60. The number of carbonyl (C=O) groups excluding carboxylic acids is 1. The molecule has 0 radical (unpaired) electrons. The molecule has 0 bridgehead atoms. The molecule has 2 aromatic heterocycles.